The van der Waals surface area contributed by atoms with Crippen molar-refractivity contribution in [2.75, 3.05) is 7.05 Å². The summed E-state index contributed by atoms with van der Waals surface area (Å²) in [5.41, 5.74) is 0. The van der Waals surface area contributed by atoms with Gasteiger partial charge in [0.15, 0.2) is 0 Å². The number of carboxylic acid groups (broad SMARTS) is 1. The highest BCUT2D eigenvalue weighted by molar-refractivity contribution is 8.00. The van der Waals surface area contributed by atoms with Gasteiger partial charge in [0.05, 0.1) is 5.25 Å². The van der Waals surface area contributed by atoms with Crippen molar-refractivity contribution in [3.63, 3.8) is 0 Å². The van der Waals surface area contributed by atoms with Gasteiger partial charge in [0, 0.05) is 7.05 Å². The van der Waals surface area contributed by atoms with E-state index in [0.29, 0.717) is 5.16 Å². The number of carbonyl (C=O) groups is 2. The molecule has 1 heterocycles. The normalized spacial score (nSPS) is 12.1. The van der Waals surface area contributed by atoms with Crippen LogP contribution in [0.25, 0.3) is 0 Å². The molecule has 2 N–H and O–H groups in total. The minimum absolute atomic E-state index is 0.171. The molecule has 1 aromatic rings. The molecule has 88 valence electrons. The van der Waals surface area contributed by atoms with Crippen LogP contribution in [0.3, 0.4) is 0 Å². The van der Waals surface area contributed by atoms with Gasteiger partial charge in [0.25, 0.3) is 0 Å². The summed E-state index contributed by atoms with van der Waals surface area (Å²) < 4.78 is 1.13. The maximum atomic E-state index is 11.2. The van der Waals surface area contributed by atoms with E-state index in [4.69, 9.17) is 5.11 Å². The van der Waals surface area contributed by atoms with E-state index in [0.717, 1.165) is 16.4 Å². The van der Waals surface area contributed by atoms with Crippen LogP contribution in [0.1, 0.15) is 6.92 Å². The fourth-order valence-corrected chi connectivity index (χ4v) is 1.77. The first kappa shape index (κ1) is 12.4. The largest absolute Gasteiger partial charge is 0.480 e. The third-order valence-electron chi connectivity index (χ3n) is 1.68. The zero-order valence-corrected chi connectivity index (χ0v) is 9.56. The van der Waals surface area contributed by atoms with Gasteiger partial charge in [-0.3, -0.25) is 9.59 Å². The van der Waals surface area contributed by atoms with Crippen LogP contribution in [0.2, 0.25) is 0 Å². The number of hydrogen-bond acceptors (Lipinski definition) is 6. The van der Waals surface area contributed by atoms with Crippen molar-refractivity contribution in [1.29, 1.82) is 0 Å². The van der Waals surface area contributed by atoms with Gasteiger partial charge < -0.3 is 10.4 Å². The standard InChI is InChI=1S/C7H11N5O3S/c1-4(6(15)8-2)16-7-9-10-11-12(7)3-5(13)14/h4H,3H2,1-2H3,(H,8,15)(H,13,14). The van der Waals surface area contributed by atoms with Crippen LogP contribution in [0.5, 0.6) is 0 Å². The van der Waals surface area contributed by atoms with Gasteiger partial charge in [-0.25, -0.2) is 4.68 Å². The zero-order chi connectivity index (χ0) is 12.1. The number of nitrogens with zero attached hydrogens (tertiary/aromatic N) is 4. The Balaban J connectivity index is 2.70. The van der Waals surface area contributed by atoms with Gasteiger partial charge in [0.1, 0.15) is 6.54 Å². The molecule has 0 bridgehead atoms. The number of amides is 1. The first-order chi connectivity index (χ1) is 7.54. The molecule has 0 aliphatic carbocycles. The van der Waals surface area contributed by atoms with Crippen molar-refractivity contribution in [1.82, 2.24) is 25.5 Å². The minimum atomic E-state index is -1.04. The van der Waals surface area contributed by atoms with Crippen molar-refractivity contribution < 1.29 is 14.7 Å². The Morgan fingerprint density at radius 3 is 2.88 bits per heavy atom. The van der Waals surface area contributed by atoms with E-state index in [1.165, 1.54) is 7.05 Å². The molecule has 0 saturated heterocycles. The van der Waals surface area contributed by atoms with E-state index >= 15 is 0 Å². The number of carboxylic acids is 1. The Labute approximate surface area is 95.4 Å². The molecule has 0 aromatic carbocycles. The summed E-state index contributed by atoms with van der Waals surface area (Å²) in [6.07, 6.45) is 0. The molecule has 0 saturated carbocycles. The lowest BCUT2D eigenvalue weighted by Crippen LogP contribution is -2.27. The summed E-state index contributed by atoms with van der Waals surface area (Å²) in [4.78, 5) is 21.7. The number of rotatable bonds is 5. The van der Waals surface area contributed by atoms with Gasteiger partial charge in [-0.2, -0.15) is 0 Å². The van der Waals surface area contributed by atoms with Gasteiger partial charge >= 0.3 is 5.97 Å². The van der Waals surface area contributed by atoms with Gasteiger partial charge in [0.2, 0.25) is 11.1 Å². The monoisotopic (exact) mass is 245 g/mol. The number of nitrogens with one attached hydrogen (secondary N) is 1. The van der Waals surface area contributed by atoms with E-state index in [9.17, 15) is 9.59 Å². The van der Waals surface area contributed by atoms with Crippen LogP contribution in [0.4, 0.5) is 0 Å². The molecule has 1 unspecified atom stereocenters. The summed E-state index contributed by atoms with van der Waals surface area (Å²) >= 11 is 1.10. The number of aliphatic carboxylic acids is 1. The number of thioether (sulfide) groups is 1. The summed E-state index contributed by atoms with van der Waals surface area (Å²) in [6, 6.07) is 0. The minimum Gasteiger partial charge on any atom is -0.480 e. The summed E-state index contributed by atoms with van der Waals surface area (Å²) in [5.74, 6) is -1.21. The summed E-state index contributed by atoms with van der Waals surface area (Å²) in [7, 11) is 1.53. The Bertz CT molecular complexity index is 393. The fraction of sp³-hybridized carbons (Fsp3) is 0.571. The van der Waals surface area contributed by atoms with E-state index in [1.807, 2.05) is 0 Å². The molecule has 16 heavy (non-hydrogen) atoms. The molecule has 0 aliphatic rings. The molecule has 1 atom stereocenters. The van der Waals surface area contributed by atoms with Crippen LogP contribution in [0, 0.1) is 0 Å². The first-order valence-corrected chi connectivity index (χ1v) is 5.28. The number of carbonyl (C=O) groups excluding carboxylic acids is 1. The molecule has 1 aromatic heterocycles. The molecule has 0 spiro atoms. The summed E-state index contributed by atoms with van der Waals surface area (Å²) in [5, 5.41) is 21.5. The second-order valence-corrected chi connectivity index (χ2v) is 4.20. The lowest BCUT2D eigenvalue weighted by atomic mass is 10.4. The highest BCUT2D eigenvalue weighted by Crippen LogP contribution is 2.19. The molecule has 9 heteroatoms. The highest BCUT2D eigenvalue weighted by atomic mass is 32.2. The predicted octanol–water partition coefficient (Wildman–Crippen LogP) is -1.02. The van der Waals surface area contributed by atoms with Crippen molar-refractivity contribution in [2.45, 2.75) is 23.9 Å². The number of hydrogen-bond donors (Lipinski definition) is 2. The topological polar surface area (TPSA) is 110 Å². The van der Waals surface area contributed by atoms with Crippen LogP contribution in [-0.4, -0.2) is 49.5 Å². The number of aromatic nitrogens is 4. The molecular formula is C7H11N5O3S. The van der Waals surface area contributed by atoms with Crippen molar-refractivity contribution in [3.05, 3.63) is 0 Å². The van der Waals surface area contributed by atoms with E-state index in [1.54, 1.807) is 6.92 Å². The maximum Gasteiger partial charge on any atom is 0.325 e. The van der Waals surface area contributed by atoms with E-state index in [2.05, 4.69) is 20.8 Å². The predicted molar refractivity (Wildman–Crippen MR) is 54.8 cm³/mol. The first-order valence-electron chi connectivity index (χ1n) is 4.40. The Hall–Kier alpha value is -1.64. The Morgan fingerprint density at radius 1 is 1.62 bits per heavy atom. The maximum absolute atomic E-state index is 11.2. The third-order valence-corrected chi connectivity index (χ3v) is 2.75. The molecule has 0 fully saturated rings. The van der Waals surface area contributed by atoms with Gasteiger partial charge in [-0.15, -0.1) is 5.10 Å². The van der Waals surface area contributed by atoms with Gasteiger partial charge in [-0.1, -0.05) is 11.8 Å². The van der Waals surface area contributed by atoms with Crippen LogP contribution < -0.4 is 5.32 Å². The van der Waals surface area contributed by atoms with Crippen LogP contribution in [0.15, 0.2) is 5.16 Å². The second-order valence-electron chi connectivity index (χ2n) is 2.89. The fourth-order valence-electron chi connectivity index (χ4n) is 0.923. The van der Waals surface area contributed by atoms with Crippen molar-refractivity contribution in [2.24, 2.45) is 0 Å². The smallest absolute Gasteiger partial charge is 0.325 e. The Kier molecular flexibility index (Phi) is 4.23. The lowest BCUT2D eigenvalue weighted by Gasteiger charge is -2.07. The number of tetrazole rings is 1. The molecule has 0 aliphatic heterocycles. The molecular weight excluding hydrogens is 234 g/mol. The van der Waals surface area contributed by atoms with Gasteiger partial charge in [-0.05, 0) is 17.4 Å². The molecule has 1 rings (SSSR count). The Morgan fingerprint density at radius 2 is 2.31 bits per heavy atom. The van der Waals surface area contributed by atoms with Crippen LogP contribution in [-0.2, 0) is 16.1 Å². The lowest BCUT2D eigenvalue weighted by molar-refractivity contribution is -0.138. The second kappa shape index (κ2) is 5.45. The van der Waals surface area contributed by atoms with Crippen molar-refractivity contribution >= 4 is 23.6 Å². The quantitative estimate of drug-likeness (QED) is 0.639. The molecule has 0 radical (unpaired) electrons. The average Bonchev–Trinajstić information content (AvgIpc) is 2.63. The summed E-state index contributed by atoms with van der Waals surface area (Å²) in [6.45, 7) is 1.36. The molecule has 8 nitrogen and oxygen atoms in total. The molecule has 1 amide bonds. The van der Waals surface area contributed by atoms with Crippen LogP contribution >= 0.6 is 11.8 Å². The van der Waals surface area contributed by atoms with Crippen molar-refractivity contribution in [3.8, 4) is 0 Å². The van der Waals surface area contributed by atoms with E-state index < -0.39 is 5.97 Å². The average molecular weight is 245 g/mol. The van der Waals surface area contributed by atoms with E-state index in [-0.39, 0.29) is 17.7 Å². The zero-order valence-electron chi connectivity index (χ0n) is 8.75. The third kappa shape index (κ3) is 3.19. The SMILES string of the molecule is CNC(=O)C(C)Sc1nnnn1CC(=O)O. The highest BCUT2D eigenvalue weighted by Gasteiger charge is 2.18.